The molecule has 0 fully saturated rings. The molecule has 1 N–H and O–H groups in total. The van der Waals surface area contributed by atoms with Gasteiger partial charge in [0.05, 0.1) is 30.5 Å². The van der Waals surface area contributed by atoms with Gasteiger partial charge in [0.2, 0.25) is 0 Å². The summed E-state index contributed by atoms with van der Waals surface area (Å²) in [5, 5.41) is 18.3. The summed E-state index contributed by atoms with van der Waals surface area (Å²) >= 11 is 6.00. The summed E-state index contributed by atoms with van der Waals surface area (Å²) in [6, 6.07) is 15.7. The zero-order valence-electron chi connectivity index (χ0n) is 17.9. The molecular formula is C24H25ClN4O3. The lowest BCUT2D eigenvalue weighted by atomic mass is 9.93. The molecule has 1 atom stereocenters. The molecule has 0 bridgehead atoms. The average Bonchev–Trinajstić information content (AvgIpc) is 3.23. The molecular weight excluding hydrogens is 428 g/mol. The zero-order chi connectivity index (χ0) is 22.9. The molecule has 1 aliphatic rings. The molecule has 2 amide bonds. The average molecular weight is 453 g/mol. The standard InChI is InChI=1S/C24H25ClN4O3/c1-2-15-32-23(30)18-8-12-21(13-9-18)27-24(31)29-16-19(5-3-4-14-26)22(28-29)17-6-10-20(25)11-7-17/h6-13,19H,2-5,15-16H2,1H3,(H,27,31). The number of nitrogens with one attached hydrogen (secondary N) is 1. The lowest BCUT2D eigenvalue weighted by Crippen LogP contribution is -2.30. The number of nitrogens with zero attached hydrogens (tertiary/aromatic N) is 3. The molecule has 8 heteroatoms. The van der Waals surface area contributed by atoms with Gasteiger partial charge in [-0.3, -0.25) is 0 Å². The second-order valence-corrected chi connectivity index (χ2v) is 7.90. The number of rotatable bonds is 8. The van der Waals surface area contributed by atoms with E-state index in [1.54, 1.807) is 36.4 Å². The molecule has 1 aliphatic heterocycles. The molecule has 7 nitrogen and oxygen atoms in total. The molecule has 0 saturated heterocycles. The van der Waals surface area contributed by atoms with Gasteiger partial charge in [0.25, 0.3) is 0 Å². The Morgan fingerprint density at radius 3 is 2.59 bits per heavy atom. The predicted molar refractivity (Wildman–Crippen MR) is 124 cm³/mol. The molecule has 0 aromatic heterocycles. The third-order valence-corrected chi connectivity index (χ3v) is 5.29. The highest BCUT2D eigenvalue weighted by Gasteiger charge is 2.30. The number of carbonyl (C=O) groups is 2. The first-order chi connectivity index (χ1) is 15.5. The van der Waals surface area contributed by atoms with Gasteiger partial charge in [-0.1, -0.05) is 30.7 Å². The Hall–Kier alpha value is -3.37. The molecule has 2 aromatic carbocycles. The summed E-state index contributed by atoms with van der Waals surface area (Å²) in [5.41, 5.74) is 2.70. The van der Waals surface area contributed by atoms with Gasteiger partial charge in [0.15, 0.2) is 0 Å². The van der Waals surface area contributed by atoms with Crippen LogP contribution in [-0.2, 0) is 4.74 Å². The number of urea groups is 1. The van der Waals surface area contributed by atoms with Crippen LogP contribution in [0.5, 0.6) is 0 Å². The largest absolute Gasteiger partial charge is 0.462 e. The van der Waals surface area contributed by atoms with Gasteiger partial charge in [-0.05, 0) is 61.2 Å². The maximum Gasteiger partial charge on any atom is 0.342 e. The van der Waals surface area contributed by atoms with Crippen LogP contribution >= 0.6 is 11.6 Å². The Morgan fingerprint density at radius 2 is 1.94 bits per heavy atom. The van der Waals surface area contributed by atoms with E-state index in [4.69, 9.17) is 21.6 Å². The highest BCUT2D eigenvalue weighted by atomic mass is 35.5. The number of unbranched alkanes of at least 4 members (excludes halogenated alkanes) is 1. The summed E-state index contributed by atoms with van der Waals surface area (Å²) in [6.45, 7) is 2.73. The predicted octanol–water partition coefficient (Wildman–Crippen LogP) is 5.47. The van der Waals surface area contributed by atoms with E-state index in [1.165, 1.54) is 5.01 Å². The first kappa shape index (κ1) is 23.3. The van der Waals surface area contributed by atoms with Gasteiger partial charge < -0.3 is 10.1 Å². The molecule has 166 valence electrons. The van der Waals surface area contributed by atoms with Crippen LogP contribution in [0.1, 0.15) is 48.5 Å². The quantitative estimate of drug-likeness (QED) is 0.424. The monoisotopic (exact) mass is 452 g/mol. The first-order valence-electron chi connectivity index (χ1n) is 10.6. The van der Waals surface area contributed by atoms with E-state index in [1.807, 2.05) is 19.1 Å². The fourth-order valence-electron chi connectivity index (χ4n) is 3.40. The maximum absolute atomic E-state index is 12.8. The molecule has 2 aromatic rings. The number of halogens is 1. The molecule has 1 unspecified atom stereocenters. The van der Waals surface area contributed by atoms with Gasteiger partial charge >= 0.3 is 12.0 Å². The highest BCUT2D eigenvalue weighted by Crippen LogP contribution is 2.26. The van der Waals surface area contributed by atoms with Crippen molar-refractivity contribution in [2.75, 3.05) is 18.5 Å². The van der Waals surface area contributed by atoms with Gasteiger partial charge in [-0.15, -0.1) is 0 Å². The summed E-state index contributed by atoms with van der Waals surface area (Å²) < 4.78 is 5.11. The van der Waals surface area contributed by atoms with Crippen LogP contribution in [0.25, 0.3) is 0 Å². The third-order valence-electron chi connectivity index (χ3n) is 5.03. The second-order valence-electron chi connectivity index (χ2n) is 7.46. The van der Waals surface area contributed by atoms with E-state index >= 15 is 0 Å². The molecule has 3 rings (SSSR count). The number of nitriles is 1. The SMILES string of the molecule is CCCOC(=O)c1ccc(NC(=O)N2CC(CCCC#N)C(c3ccc(Cl)cc3)=N2)cc1. The molecule has 0 spiro atoms. The van der Waals surface area contributed by atoms with Crippen LogP contribution < -0.4 is 5.32 Å². The zero-order valence-corrected chi connectivity index (χ0v) is 18.6. The van der Waals surface area contributed by atoms with E-state index in [0.717, 1.165) is 30.5 Å². The molecule has 32 heavy (non-hydrogen) atoms. The number of benzene rings is 2. The number of carbonyl (C=O) groups excluding carboxylic acids is 2. The summed E-state index contributed by atoms with van der Waals surface area (Å²) in [6.07, 6.45) is 2.71. The Bertz CT molecular complexity index is 1010. The van der Waals surface area contributed by atoms with E-state index < -0.39 is 0 Å². The number of hydrogen-bond donors (Lipinski definition) is 1. The fourth-order valence-corrected chi connectivity index (χ4v) is 3.53. The Morgan fingerprint density at radius 1 is 1.22 bits per heavy atom. The van der Waals surface area contributed by atoms with E-state index in [0.29, 0.717) is 35.8 Å². The minimum Gasteiger partial charge on any atom is -0.462 e. The van der Waals surface area contributed by atoms with Crippen LogP contribution in [-0.4, -0.2) is 35.9 Å². The number of ether oxygens (including phenoxy) is 1. The van der Waals surface area contributed by atoms with Crippen LogP contribution in [0.4, 0.5) is 10.5 Å². The Labute approximate surface area is 192 Å². The van der Waals surface area contributed by atoms with Gasteiger partial charge in [0, 0.05) is 23.0 Å². The van der Waals surface area contributed by atoms with Crippen LogP contribution in [0, 0.1) is 17.2 Å². The minimum atomic E-state index is -0.387. The number of anilines is 1. The topological polar surface area (TPSA) is 94.8 Å². The number of amides is 2. The number of hydrazone groups is 1. The van der Waals surface area contributed by atoms with E-state index in [9.17, 15) is 9.59 Å². The highest BCUT2D eigenvalue weighted by molar-refractivity contribution is 6.30. The number of hydrogen-bond acceptors (Lipinski definition) is 5. The van der Waals surface area contributed by atoms with Gasteiger partial charge in [0.1, 0.15) is 0 Å². The lowest BCUT2D eigenvalue weighted by Gasteiger charge is -2.15. The van der Waals surface area contributed by atoms with E-state index in [2.05, 4.69) is 16.5 Å². The van der Waals surface area contributed by atoms with Crippen molar-refractivity contribution in [3.8, 4) is 6.07 Å². The Kier molecular flexibility index (Phi) is 8.23. The number of esters is 1. The maximum atomic E-state index is 12.8. The van der Waals surface area contributed by atoms with Crippen molar-refractivity contribution < 1.29 is 14.3 Å². The summed E-state index contributed by atoms with van der Waals surface area (Å²) in [4.78, 5) is 24.7. The Balaban J connectivity index is 1.69. The van der Waals surface area contributed by atoms with Crippen molar-refractivity contribution in [2.45, 2.75) is 32.6 Å². The van der Waals surface area contributed by atoms with Crippen molar-refractivity contribution in [2.24, 2.45) is 11.0 Å². The van der Waals surface area contributed by atoms with Crippen molar-refractivity contribution >= 4 is 35.0 Å². The normalized spacial score (nSPS) is 15.1. The second kappa shape index (κ2) is 11.3. The minimum absolute atomic E-state index is 0.0333. The lowest BCUT2D eigenvalue weighted by molar-refractivity contribution is 0.0505. The fraction of sp³-hybridized carbons (Fsp3) is 0.333. The van der Waals surface area contributed by atoms with Crippen LogP contribution in [0.15, 0.2) is 53.6 Å². The summed E-state index contributed by atoms with van der Waals surface area (Å²) in [7, 11) is 0. The molecule has 0 aliphatic carbocycles. The van der Waals surface area contributed by atoms with Gasteiger partial charge in [-0.25, -0.2) is 14.6 Å². The molecule has 1 heterocycles. The van der Waals surface area contributed by atoms with E-state index in [-0.39, 0.29) is 17.9 Å². The first-order valence-corrected chi connectivity index (χ1v) is 11.0. The third kappa shape index (κ3) is 6.08. The van der Waals surface area contributed by atoms with Crippen molar-refractivity contribution in [1.82, 2.24) is 5.01 Å². The smallest absolute Gasteiger partial charge is 0.342 e. The van der Waals surface area contributed by atoms with Crippen molar-refractivity contribution in [3.05, 3.63) is 64.7 Å². The van der Waals surface area contributed by atoms with Crippen LogP contribution in [0.2, 0.25) is 5.02 Å². The van der Waals surface area contributed by atoms with Crippen LogP contribution in [0.3, 0.4) is 0 Å². The molecule has 0 radical (unpaired) electrons. The molecule has 0 saturated carbocycles. The van der Waals surface area contributed by atoms with Crippen molar-refractivity contribution in [1.29, 1.82) is 5.26 Å². The summed E-state index contributed by atoms with van der Waals surface area (Å²) in [5.74, 6) is -0.354. The van der Waals surface area contributed by atoms with Gasteiger partial charge in [-0.2, -0.15) is 10.4 Å². The van der Waals surface area contributed by atoms with Crippen molar-refractivity contribution in [3.63, 3.8) is 0 Å².